The molecule has 1 atom stereocenters. The Morgan fingerprint density at radius 2 is 1.87 bits per heavy atom. The normalized spacial score (nSPS) is 15.6. The molecule has 3 heterocycles. The summed E-state index contributed by atoms with van der Waals surface area (Å²) in [5.41, 5.74) is 5.45. The van der Waals surface area contributed by atoms with Crippen molar-refractivity contribution >= 4 is 5.91 Å². The van der Waals surface area contributed by atoms with Crippen LogP contribution in [0.1, 0.15) is 44.5 Å². The maximum absolute atomic E-state index is 13.3. The zero-order chi connectivity index (χ0) is 20.8. The van der Waals surface area contributed by atoms with Crippen molar-refractivity contribution in [2.75, 3.05) is 0 Å². The third kappa shape index (κ3) is 2.80. The van der Waals surface area contributed by atoms with E-state index in [2.05, 4.69) is 10.2 Å². The number of benzene rings is 2. The van der Waals surface area contributed by atoms with E-state index < -0.39 is 0 Å². The van der Waals surface area contributed by atoms with Gasteiger partial charge in [0.1, 0.15) is 22.9 Å². The minimum absolute atomic E-state index is 0.141. The standard InChI is InChI=1S/C24H21N3O3/c1-14-11-18(19(28)12-15(14)2)21-20-22(26-25-21)24(29)27(13-17-9-6-10-30-17)23(20)16-7-4-3-5-8-16/h3-12,23,28H,13H2,1-2H3,(H,25,26)/t23-/m1/s1. The lowest BCUT2D eigenvalue weighted by molar-refractivity contribution is 0.0717. The number of carbonyl (C=O) groups is 1. The van der Waals surface area contributed by atoms with E-state index in [-0.39, 0.29) is 17.7 Å². The summed E-state index contributed by atoms with van der Waals surface area (Å²) >= 11 is 0. The average molecular weight is 399 g/mol. The Hall–Kier alpha value is -3.80. The molecule has 4 aromatic rings. The van der Waals surface area contributed by atoms with Gasteiger partial charge in [-0.05, 0) is 54.8 Å². The largest absolute Gasteiger partial charge is 0.507 e. The SMILES string of the molecule is Cc1cc(O)c(-c2n[nH]c3c2[C@@H](c2ccccc2)N(Cc2ccco2)C3=O)cc1C. The Kier molecular flexibility index (Phi) is 4.20. The Bertz CT molecular complexity index is 1230. The van der Waals surface area contributed by atoms with Crippen molar-refractivity contribution in [3.05, 3.63) is 94.6 Å². The quantitative estimate of drug-likeness (QED) is 0.519. The zero-order valence-electron chi connectivity index (χ0n) is 16.7. The molecule has 2 aromatic heterocycles. The molecule has 0 spiro atoms. The molecular formula is C24H21N3O3. The summed E-state index contributed by atoms with van der Waals surface area (Å²) in [5.74, 6) is 0.714. The number of aromatic hydroxyl groups is 1. The van der Waals surface area contributed by atoms with E-state index in [9.17, 15) is 9.90 Å². The van der Waals surface area contributed by atoms with Crippen molar-refractivity contribution < 1.29 is 14.3 Å². The van der Waals surface area contributed by atoms with E-state index in [4.69, 9.17) is 4.42 Å². The fourth-order valence-electron chi connectivity index (χ4n) is 4.11. The number of phenols is 1. The van der Waals surface area contributed by atoms with Gasteiger partial charge in [0, 0.05) is 11.1 Å². The third-order valence-corrected chi connectivity index (χ3v) is 5.75. The number of hydrogen-bond donors (Lipinski definition) is 2. The molecule has 1 amide bonds. The van der Waals surface area contributed by atoms with E-state index in [0.717, 1.165) is 22.3 Å². The van der Waals surface area contributed by atoms with Crippen LogP contribution in [0.25, 0.3) is 11.3 Å². The number of furan rings is 1. The smallest absolute Gasteiger partial charge is 0.273 e. The molecule has 0 bridgehead atoms. The van der Waals surface area contributed by atoms with Crippen LogP contribution in [-0.2, 0) is 6.54 Å². The topological polar surface area (TPSA) is 82.4 Å². The lowest BCUT2D eigenvalue weighted by atomic mass is 9.94. The van der Waals surface area contributed by atoms with Gasteiger partial charge in [-0.1, -0.05) is 30.3 Å². The predicted octanol–water partition coefficient (Wildman–Crippen LogP) is 4.74. The van der Waals surface area contributed by atoms with Crippen molar-refractivity contribution in [3.63, 3.8) is 0 Å². The van der Waals surface area contributed by atoms with Crippen LogP contribution in [0.2, 0.25) is 0 Å². The predicted molar refractivity (Wildman–Crippen MR) is 112 cm³/mol. The molecule has 1 aliphatic heterocycles. The first-order valence-electron chi connectivity index (χ1n) is 9.81. The van der Waals surface area contributed by atoms with Gasteiger partial charge in [-0.15, -0.1) is 0 Å². The van der Waals surface area contributed by atoms with Gasteiger partial charge in [-0.2, -0.15) is 5.10 Å². The first kappa shape index (κ1) is 18.2. The number of aromatic amines is 1. The minimum atomic E-state index is -0.339. The zero-order valence-corrected chi connectivity index (χ0v) is 16.7. The van der Waals surface area contributed by atoms with Crippen LogP contribution in [0, 0.1) is 13.8 Å². The number of aromatic nitrogens is 2. The number of fused-ring (bicyclic) bond motifs is 1. The maximum Gasteiger partial charge on any atom is 0.273 e. The van der Waals surface area contributed by atoms with Gasteiger partial charge in [0.2, 0.25) is 0 Å². The highest BCUT2D eigenvalue weighted by Gasteiger charge is 2.42. The van der Waals surface area contributed by atoms with Gasteiger partial charge in [0.25, 0.3) is 5.91 Å². The first-order chi connectivity index (χ1) is 14.5. The molecule has 2 aromatic carbocycles. The van der Waals surface area contributed by atoms with Gasteiger partial charge < -0.3 is 14.4 Å². The van der Waals surface area contributed by atoms with E-state index in [1.807, 2.05) is 62.4 Å². The maximum atomic E-state index is 13.3. The Morgan fingerprint density at radius 3 is 2.60 bits per heavy atom. The minimum Gasteiger partial charge on any atom is -0.507 e. The van der Waals surface area contributed by atoms with Crippen LogP contribution in [-0.4, -0.2) is 26.1 Å². The lowest BCUT2D eigenvalue weighted by Gasteiger charge is -2.25. The number of amides is 1. The summed E-state index contributed by atoms with van der Waals surface area (Å²) < 4.78 is 5.51. The van der Waals surface area contributed by atoms with E-state index >= 15 is 0 Å². The van der Waals surface area contributed by atoms with Crippen molar-refractivity contribution in [1.29, 1.82) is 0 Å². The lowest BCUT2D eigenvalue weighted by Crippen LogP contribution is -2.28. The monoisotopic (exact) mass is 399 g/mol. The molecule has 30 heavy (non-hydrogen) atoms. The number of aryl methyl sites for hydroxylation is 2. The molecule has 150 valence electrons. The summed E-state index contributed by atoms with van der Waals surface area (Å²) in [4.78, 5) is 15.1. The van der Waals surface area contributed by atoms with Crippen LogP contribution in [0.3, 0.4) is 0 Å². The van der Waals surface area contributed by atoms with Crippen LogP contribution in [0.4, 0.5) is 0 Å². The number of nitrogens with zero attached hydrogens (tertiary/aromatic N) is 2. The third-order valence-electron chi connectivity index (χ3n) is 5.75. The average Bonchev–Trinajstić information content (AvgIpc) is 3.46. The second kappa shape index (κ2) is 6.91. The van der Waals surface area contributed by atoms with Gasteiger partial charge in [0.05, 0.1) is 18.8 Å². The summed E-state index contributed by atoms with van der Waals surface area (Å²) in [7, 11) is 0. The van der Waals surface area contributed by atoms with Crippen molar-refractivity contribution in [2.24, 2.45) is 0 Å². The molecular weight excluding hydrogens is 378 g/mol. The second-order valence-corrected chi connectivity index (χ2v) is 7.64. The number of phenolic OH excluding ortho intramolecular Hbond substituents is 1. The van der Waals surface area contributed by atoms with Gasteiger partial charge in [-0.25, -0.2) is 0 Å². The summed E-state index contributed by atoms with van der Waals surface area (Å²) in [6.07, 6.45) is 1.60. The fourth-order valence-corrected chi connectivity index (χ4v) is 4.11. The van der Waals surface area contributed by atoms with E-state index in [0.29, 0.717) is 29.3 Å². The van der Waals surface area contributed by atoms with Crippen molar-refractivity contribution in [2.45, 2.75) is 26.4 Å². The van der Waals surface area contributed by atoms with Gasteiger partial charge in [0.15, 0.2) is 0 Å². The number of nitrogens with one attached hydrogen (secondary N) is 1. The first-order valence-corrected chi connectivity index (χ1v) is 9.81. The molecule has 6 nitrogen and oxygen atoms in total. The van der Waals surface area contributed by atoms with Crippen LogP contribution < -0.4 is 0 Å². The number of carbonyl (C=O) groups excluding carboxylic acids is 1. The molecule has 0 radical (unpaired) electrons. The molecule has 0 saturated carbocycles. The van der Waals surface area contributed by atoms with Crippen molar-refractivity contribution in [1.82, 2.24) is 15.1 Å². The van der Waals surface area contributed by atoms with Gasteiger partial charge in [-0.3, -0.25) is 9.89 Å². The molecule has 0 saturated heterocycles. The Labute approximate surface area is 173 Å². The summed E-state index contributed by atoms with van der Waals surface area (Å²) in [6, 6.07) is 16.8. The fraction of sp³-hybridized carbons (Fsp3) is 0.167. The van der Waals surface area contributed by atoms with Gasteiger partial charge >= 0.3 is 0 Å². The summed E-state index contributed by atoms with van der Waals surface area (Å²) in [6.45, 7) is 4.29. The molecule has 0 fully saturated rings. The van der Waals surface area contributed by atoms with E-state index in [1.54, 1.807) is 17.2 Å². The second-order valence-electron chi connectivity index (χ2n) is 7.64. The van der Waals surface area contributed by atoms with Crippen molar-refractivity contribution in [3.8, 4) is 17.0 Å². The number of hydrogen-bond acceptors (Lipinski definition) is 4. The molecule has 0 aliphatic carbocycles. The van der Waals surface area contributed by atoms with E-state index in [1.165, 1.54) is 0 Å². The molecule has 6 heteroatoms. The molecule has 2 N–H and O–H groups in total. The highest BCUT2D eigenvalue weighted by atomic mass is 16.3. The van der Waals surface area contributed by atoms with Crippen LogP contribution in [0.5, 0.6) is 5.75 Å². The number of H-pyrrole nitrogens is 1. The Balaban J connectivity index is 1.69. The molecule has 0 unspecified atom stereocenters. The highest BCUT2D eigenvalue weighted by molar-refractivity contribution is 6.00. The molecule has 5 rings (SSSR count). The number of rotatable bonds is 4. The highest BCUT2D eigenvalue weighted by Crippen LogP contribution is 2.45. The molecule has 1 aliphatic rings. The van der Waals surface area contributed by atoms with Crippen LogP contribution >= 0.6 is 0 Å². The van der Waals surface area contributed by atoms with Crippen LogP contribution in [0.15, 0.2) is 65.3 Å². The summed E-state index contributed by atoms with van der Waals surface area (Å²) in [5, 5.41) is 18.0. The Morgan fingerprint density at radius 1 is 1.10 bits per heavy atom.